The monoisotopic (exact) mass is 303 g/mol. The molecule has 0 aliphatic carbocycles. The molecule has 0 saturated heterocycles. The fourth-order valence-electron chi connectivity index (χ4n) is 1.85. The number of aromatic nitrogens is 5. The van der Waals surface area contributed by atoms with E-state index in [2.05, 4.69) is 15.3 Å². The molecule has 9 heteroatoms. The van der Waals surface area contributed by atoms with Crippen molar-refractivity contribution in [2.45, 2.75) is 38.0 Å². The molecule has 0 radical (unpaired) electrons. The molecule has 7 nitrogen and oxygen atoms in total. The van der Waals surface area contributed by atoms with Crippen molar-refractivity contribution in [3.05, 3.63) is 24.3 Å². The first-order chi connectivity index (χ1) is 8.82. The van der Waals surface area contributed by atoms with Crippen LogP contribution >= 0.6 is 10.7 Å². The molecule has 19 heavy (non-hydrogen) atoms. The average molecular weight is 304 g/mol. The highest BCUT2D eigenvalue weighted by atomic mass is 35.7. The van der Waals surface area contributed by atoms with Crippen molar-refractivity contribution in [2.24, 2.45) is 0 Å². The first-order valence-electron chi connectivity index (χ1n) is 5.71. The van der Waals surface area contributed by atoms with Gasteiger partial charge in [-0.1, -0.05) is 0 Å². The van der Waals surface area contributed by atoms with E-state index in [0.717, 1.165) is 0 Å². The van der Waals surface area contributed by atoms with Gasteiger partial charge in [0.1, 0.15) is 6.04 Å². The third-order valence-electron chi connectivity index (χ3n) is 2.72. The zero-order valence-electron chi connectivity index (χ0n) is 10.7. The van der Waals surface area contributed by atoms with Crippen LogP contribution < -0.4 is 0 Å². The summed E-state index contributed by atoms with van der Waals surface area (Å²) in [5.41, 5.74) is 0. The fraction of sp³-hybridized carbons (Fsp3) is 0.500. The summed E-state index contributed by atoms with van der Waals surface area (Å²) in [7, 11) is 1.45. The quantitative estimate of drug-likeness (QED) is 0.801. The molecule has 0 bridgehead atoms. The fourth-order valence-corrected chi connectivity index (χ4v) is 2.85. The van der Waals surface area contributed by atoms with Gasteiger partial charge in [0.25, 0.3) is 14.2 Å². The summed E-state index contributed by atoms with van der Waals surface area (Å²) in [6.45, 7) is 5.54. The third kappa shape index (κ3) is 2.64. The maximum atomic E-state index is 11.5. The van der Waals surface area contributed by atoms with Crippen LogP contribution in [-0.4, -0.2) is 33.0 Å². The molecule has 104 valence electrons. The lowest BCUT2D eigenvalue weighted by atomic mass is 10.3. The van der Waals surface area contributed by atoms with Crippen LogP contribution in [0.1, 0.15) is 38.7 Å². The second-order valence-corrected chi connectivity index (χ2v) is 6.86. The Morgan fingerprint density at radius 1 is 1.26 bits per heavy atom. The van der Waals surface area contributed by atoms with Gasteiger partial charge in [-0.2, -0.15) is 5.10 Å². The first-order valence-corrected chi connectivity index (χ1v) is 8.02. The molecule has 0 N–H and O–H groups in total. The van der Waals surface area contributed by atoms with Gasteiger partial charge in [0.15, 0.2) is 5.82 Å². The van der Waals surface area contributed by atoms with E-state index in [1.807, 2.05) is 20.8 Å². The minimum absolute atomic E-state index is 0.133. The van der Waals surface area contributed by atoms with E-state index in [9.17, 15) is 8.42 Å². The highest BCUT2D eigenvalue weighted by molar-refractivity contribution is 8.13. The minimum Gasteiger partial charge on any atom is -0.296 e. The molecule has 0 amide bonds. The molecule has 0 saturated carbocycles. The predicted molar refractivity (Wildman–Crippen MR) is 69.5 cm³/mol. The minimum atomic E-state index is -3.93. The Hall–Kier alpha value is -1.41. The highest BCUT2D eigenvalue weighted by Gasteiger charge is 2.27. The second kappa shape index (κ2) is 4.93. The van der Waals surface area contributed by atoms with Gasteiger partial charge >= 0.3 is 0 Å². The molecule has 1 unspecified atom stereocenters. The third-order valence-corrected chi connectivity index (χ3v) is 3.85. The van der Waals surface area contributed by atoms with Gasteiger partial charge in [-0.05, 0) is 26.8 Å². The maximum Gasteiger partial charge on any atom is 0.296 e. The summed E-state index contributed by atoms with van der Waals surface area (Å²) in [4.78, 5) is 0. The molecule has 2 aromatic heterocycles. The van der Waals surface area contributed by atoms with Gasteiger partial charge in [0, 0.05) is 29.1 Å². The topological polar surface area (TPSA) is 82.7 Å². The van der Waals surface area contributed by atoms with Crippen LogP contribution in [0.2, 0.25) is 0 Å². The Morgan fingerprint density at radius 2 is 1.95 bits per heavy atom. The van der Waals surface area contributed by atoms with E-state index in [0.29, 0.717) is 5.82 Å². The van der Waals surface area contributed by atoms with E-state index in [1.165, 1.54) is 4.57 Å². The van der Waals surface area contributed by atoms with Crippen LogP contribution in [0.15, 0.2) is 23.6 Å². The molecular weight excluding hydrogens is 290 g/mol. The summed E-state index contributed by atoms with van der Waals surface area (Å²) in [5.74, 6) is 0.498. The largest absolute Gasteiger partial charge is 0.296 e. The molecule has 0 aliphatic heterocycles. The van der Waals surface area contributed by atoms with Crippen LogP contribution in [0.4, 0.5) is 0 Å². The van der Waals surface area contributed by atoms with Gasteiger partial charge < -0.3 is 0 Å². The van der Waals surface area contributed by atoms with Crippen molar-refractivity contribution in [3.8, 4) is 0 Å². The molecule has 2 heterocycles. The van der Waals surface area contributed by atoms with Crippen molar-refractivity contribution < 1.29 is 8.42 Å². The van der Waals surface area contributed by atoms with E-state index < -0.39 is 9.05 Å². The molecule has 1 atom stereocenters. The SMILES string of the molecule is CC(c1nnc(S(=O)(=O)Cl)n1C(C)C)n1cccn1. The summed E-state index contributed by atoms with van der Waals surface area (Å²) in [6, 6.07) is 1.41. The molecule has 2 rings (SSSR count). The summed E-state index contributed by atoms with van der Waals surface area (Å²) < 4.78 is 26.2. The van der Waals surface area contributed by atoms with E-state index in [4.69, 9.17) is 10.7 Å². The molecule has 0 fully saturated rings. The average Bonchev–Trinajstić information content (AvgIpc) is 2.96. The Morgan fingerprint density at radius 3 is 2.42 bits per heavy atom. The zero-order chi connectivity index (χ0) is 14.2. The van der Waals surface area contributed by atoms with Crippen molar-refractivity contribution in [1.29, 1.82) is 0 Å². The Labute approximate surface area is 115 Å². The number of hydrogen-bond acceptors (Lipinski definition) is 5. The predicted octanol–water partition coefficient (Wildman–Crippen LogP) is 1.59. The Bertz CT molecular complexity index is 662. The number of nitrogens with zero attached hydrogens (tertiary/aromatic N) is 5. The molecule has 0 aromatic carbocycles. The van der Waals surface area contributed by atoms with Crippen LogP contribution in [0.25, 0.3) is 0 Å². The number of hydrogen-bond donors (Lipinski definition) is 0. The lowest BCUT2D eigenvalue weighted by Crippen LogP contribution is -2.17. The van der Waals surface area contributed by atoms with Crippen LogP contribution in [-0.2, 0) is 9.05 Å². The van der Waals surface area contributed by atoms with Crippen LogP contribution in [0.3, 0.4) is 0 Å². The lowest BCUT2D eigenvalue weighted by Gasteiger charge is -2.17. The van der Waals surface area contributed by atoms with Crippen molar-refractivity contribution in [2.75, 3.05) is 0 Å². The second-order valence-electron chi connectivity index (χ2n) is 4.40. The van der Waals surface area contributed by atoms with Crippen molar-refractivity contribution in [3.63, 3.8) is 0 Å². The number of rotatable bonds is 4. The van der Waals surface area contributed by atoms with Crippen molar-refractivity contribution in [1.82, 2.24) is 24.5 Å². The van der Waals surface area contributed by atoms with Gasteiger partial charge in [-0.3, -0.25) is 9.25 Å². The van der Waals surface area contributed by atoms with Crippen LogP contribution in [0, 0.1) is 0 Å². The molecular formula is C10H14ClN5O2S. The van der Waals surface area contributed by atoms with Crippen LogP contribution in [0.5, 0.6) is 0 Å². The van der Waals surface area contributed by atoms with E-state index in [-0.39, 0.29) is 17.2 Å². The first kappa shape index (κ1) is 14.0. The Kier molecular flexibility index (Phi) is 3.64. The van der Waals surface area contributed by atoms with Crippen molar-refractivity contribution >= 4 is 19.7 Å². The lowest BCUT2D eigenvalue weighted by molar-refractivity contribution is 0.455. The molecule has 2 aromatic rings. The Balaban J connectivity index is 2.56. The molecule has 0 aliphatic rings. The normalized spacial score (nSPS) is 13.9. The zero-order valence-corrected chi connectivity index (χ0v) is 12.3. The van der Waals surface area contributed by atoms with Gasteiger partial charge in [-0.25, -0.2) is 8.42 Å². The van der Waals surface area contributed by atoms with Gasteiger partial charge in [0.2, 0.25) is 0 Å². The molecule has 0 spiro atoms. The van der Waals surface area contributed by atoms with Gasteiger partial charge in [-0.15, -0.1) is 10.2 Å². The summed E-state index contributed by atoms with van der Waals surface area (Å²) in [6.07, 6.45) is 3.42. The summed E-state index contributed by atoms with van der Waals surface area (Å²) in [5, 5.41) is 11.5. The van der Waals surface area contributed by atoms with Gasteiger partial charge in [0.05, 0.1) is 0 Å². The van der Waals surface area contributed by atoms with E-state index >= 15 is 0 Å². The summed E-state index contributed by atoms with van der Waals surface area (Å²) >= 11 is 0. The standard InChI is InChI=1S/C10H14ClN5O2S/c1-7(2)16-9(8(3)15-6-4-5-12-15)13-14-10(16)19(11,17)18/h4-8H,1-3H3. The number of halogens is 1. The smallest absolute Gasteiger partial charge is 0.296 e. The highest BCUT2D eigenvalue weighted by Crippen LogP contribution is 2.24. The van der Waals surface area contributed by atoms with E-state index in [1.54, 1.807) is 23.1 Å². The maximum absolute atomic E-state index is 11.5.